The fourth-order valence-electron chi connectivity index (χ4n) is 5.10. The minimum atomic E-state index is -4.86. The molecule has 3 N–H and O–H groups in total. The number of piperidine rings is 1. The molecule has 1 fully saturated rings. The highest BCUT2D eigenvalue weighted by molar-refractivity contribution is 7.89. The van der Waals surface area contributed by atoms with E-state index < -0.39 is 33.6 Å². The van der Waals surface area contributed by atoms with Crippen molar-refractivity contribution in [1.82, 2.24) is 14.2 Å². The van der Waals surface area contributed by atoms with E-state index >= 15 is 0 Å². The Hall–Kier alpha value is -4.04. The van der Waals surface area contributed by atoms with Crippen molar-refractivity contribution in [1.29, 1.82) is 0 Å². The number of nitrogens with one attached hydrogen (secondary N) is 1. The van der Waals surface area contributed by atoms with Crippen molar-refractivity contribution in [3.63, 3.8) is 0 Å². The summed E-state index contributed by atoms with van der Waals surface area (Å²) in [5.74, 6) is -1.07. The maximum atomic E-state index is 13.1. The van der Waals surface area contributed by atoms with Gasteiger partial charge in [0.05, 0.1) is 12.3 Å². The van der Waals surface area contributed by atoms with E-state index in [1.165, 1.54) is 16.4 Å². The second-order valence-corrected chi connectivity index (χ2v) is 12.0. The predicted molar refractivity (Wildman–Crippen MR) is 144 cm³/mol. The van der Waals surface area contributed by atoms with Gasteiger partial charge in [-0.25, -0.2) is 12.7 Å². The summed E-state index contributed by atoms with van der Waals surface area (Å²) in [6.07, 6.45) is -1.93. The van der Waals surface area contributed by atoms with E-state index in [0.29, 0.717) is 6.26 Å². The van der Waals surface area contributed by atoms with Gasteiger partial charge in [-0.05, 0) is 60.5 Å². The summed E-state index contributed by atoms with van der Waals surface area (Å²) >= 11 is 0. The number of carbonyl (C=O) groups is 1. The lowest BCUT2D eigenvalue weighted by Crippen LogP contribution is -2.50. The highest BCUT2D eigenvalue weighted by Crippen LogP contribution is 2.33. The van der Waals surface area contributed by atoms with Crippen molar-refractivity contribution >= 4 is 32.7 Å². The summed E-state index contributed by atoms with van der Waals surface area (Å²) in [4.78, 5) is 17.4. The number of amides is 1. The molecule has 1 spiro atoms. The monoisotopic (exact) mass is 592 g/mol. The topological polar surface area (TPSA) is 133 Å². The Labute approximate surface area is 233 Å². The fraction of sp³-hybridized carbons (Fsp3) is 0.333. The van der Waals surface area contributed by atoms with Crippen molar-refractivity contribution in [2.45, 2.75) is 37.7 Å². The molecule has 0 atom stereocenters. The van der Waals surface area contributed by atoms with Gasteiger partial charge in [-0.1, -0.05) is 18.2 Å². The molecule has 0 saturated carbocycles. The first-order chi connectivity index (χ1) is 19.4. The van der Waals surface area contributed by atoms with E-state index in [-0.39, 0.29) is 61.8 Å². The molecule has 5 rings (SSSR count). The van der Waals surface area contributed by atoms with Gasteiger partial charge in [-0.15, -0.1) is 13.2 Å². The average Bonchev–Trinajstić information content (AvgIpc) is 3.47. The number of sulfonamides is 1. The molecule has 1 saturated heterocycles. The molecule has 1 aromatic heterocycles. The predicted octanol–water partition coefficient (Wildman–Crippen LogP) is 3.78. The number of ether oxygens (including phenoxy) is 1. The molecule has 41 heavy (non-hydrogen) atoms. The van der Waals surface area contributed by atoms with E-state index in [9.17, 15) is 31.5 Å². The van der Waals surface area contributed by atoms with Gasteiger partial charge in [0.15, 0.2) is 0 Å². The standard InChI is InChI=1S/C27H27F3N4O6S/c28-27(29,30)40-22-3-1-2-20(15-22)24-31-25(37)26(32-24)8-11-34(12-9-26)41(38,39)13-7-18-4-5-23-19(14-18)6-10-33(23)16-21(36)17-35/h1-6,10,14-15,17,35-36H,7-9,11-13,16H2,(H,31,32,37)/b21-17-. The zero-order valence-electron chi connectivity index (χ0n) is 21.6. The minimum absolute atomic E-state index is 0.0769. The third kappa shape index (κ3) is 6.17. The zero-order chi connectivity index (χ0) is 29.4. The lowest BCUT2D eigenvalue weighted by atomic mass is 9.89. The van der Waals surface area contributed by atoms with Crippen LogP contribution in [0.1, 0.15) is 24.0 Å². The Bertz CT molecular complexity index is 1640. The molecule has 3 aromatic rings. The fourth-order valence-corrected chi connectivity index (χ4v) is 6.59. The Morgan fingerprint density at radius 1 is 1.15 bits per heavy atom. The van der Waals surface area contributed by atoms with Crippen LogP contribution >= 0.6 is 0 Å². The Kier molecular flexibility index (Phi) is 7.46. The van der Waals surface area contributed by atoms with Crippen LogP contribution < -0.4 is 10.1 Å². The molecule has 0 radical (unpaired) electrons. The number of aliphatic hydroxyl groups is 2. The SMILES string of the molecule is O=C1NC(c2cccc(OC(F)(F)F)c2)=NC12CCN(S(=O)(=O)CCc1ccc3c(ccn3C/C(O)=C/O)c1)CC2. The number of rotatable bonds is 8. The van der Waals surface area contributed by atoms with Crippen LogP contribution in [-0.4, -0.2) is 70.0 Å². The van der Waals surface area contributed by atoms with Crippen molar-refractivity contribution in [3.05, 3.63) is 77.9 Å². The van der Waals surface area contributed by atoms with Crippen molar-refractivity contribution < 1.29 is 41.3 Å². The van der Waals surface area contributed by atoms with Crippen molar-refractivity contribution in [2.24, 2.45) is 4.99 Å². The molecule has 0 aliphatic carbocycles. The first-order valence-corrected chi connectivity index (χ1v) is 14.3. The van der Waals surface area contributed by atoms with Gasteiger partial charge in [0.25, 0.3) is 5.91 Å². The lowest BCUT2D eigenvalue weighted by Gasteiger charge is -2.34. The second kappa shape index (κ2) is 10.7. The van der Waals surface area contributed by atoms with Gasteiger partial charge in [0.1, 0.15) is 29.1 Å². The van der Waals surface area contributed by atoms with E-state index in [1.54, 1.807) is 10.8 Å². The summed E-state index contributed by atoms with van der Waals surface area (Å²) in [5, 5.41) is 22.0. The summed E-state index contributed by atoms with van der Waals surface area (Å²) in [6, 6.07) is 12.5. The van der Waals surface area contributed by atoms with Crippen molar-refractivity contribution in [2.75, 3.05) is 18.8 Å². The highest BCUT2D eigenvalue weighted by Gasteiger charge is 2.47. The van der Waals surface area contributed by atoms with Crippen LogP contribution in [0.4, 0.5) is 13.2 Å². The van der Waals surface area contributed by atoms with Gasteiger partial charge in [0.2, 0.25) is 10.0 Å². The molecule has 10 nitrogen and oxygen atoms in total. The van der Waals surface area contributed by atoms with Gasteiger partial charge in [0, 0.05) is 30.4 Å². The number of aryl methyl sites for hydroxylation is 1. The second-order valence-electron chi connectivity index (χ2n) is 9.94. The van der Waals surface area contributed by atoms with E-state index in [0.717, 1.165) is 28.6 Å². The Morgan fingerprint density at radius 3 is 2.61 bits per heavy atom. The average molecular weight is 593 g/mol. The minimum Gasteiger partial charge on any atom is -0.512 e. The molecular weight excluding hydrogens is 565 g/mol. The molecular formula is C27H27F3N4O6S. The number of allylic oxidation sites excluding steroid dienone is 1. The number of aliphatic imine (C=N–C) groups is 1. The summed E-state index contributed by atoms with van der Waals surface area (Å²) in [7, 11) is -3.64. The third-order valence-corrected chi connectivity index (χ3v) is 9.10. The summed E-state index contributed by atoms with van der Waals surface area (Å²) in [5.41, 5.74) is 0.692. The van der Waals surface area contributed by atoms with Crippen LogP contribution in [0.25, 0.3) is 10.9 Å². The number of hydrogen-bond acceptors (Lipinski definition) is 7. The molecule has 0 unspecified atom stereocenters. The smallest absolute Gasteiger partial charge is 0.512 e. The molecule has 218 valence electrons. The van der Waals surface area contributed by atoms with Crippen LogP contribution in [0.5, 0.6) is 5.75 Å². The quantitative estimate of drug-likeness (QED) is 0.341. The summed E-state index contributed by atoms with van der Waals surface area (Å²) < 4.78 is 71.1. The number of carbonyl (C=O) groups excluding carboxylic acids is 1. The zero-order valence-corrected chi connectivity index (χ0v) is 22.5. The van der Waals surface area contributed by atoms with Crippen molar-refractivity contribution in [3.8, 4) is 5.75 Å². The molecule has 1 amide bonds. The van der Waals surface area contributed by atoms with E-state index in [1.807, 2.05) is 24.3 Å². The number of halogens is 3. The third-order valence-electron chi connectivity index (χ3n) is 7.23. The van der Waals surface area contributed by atoms with Gasteiger partial charge < -0.3 is 24.8 Å². The molecule has 2 aromatic carbocycles. The Morgan fingerprint density at radius 2 is 1.90 bits per heavy atom. The van der Waals surface area contributed by atoms with Gasteiger partial charge >= 0.3 is 6.36 Å². The molecule has 3 heterocycles. The number of alkyl halides is 3. The molecule has 2 aliphatic rings. The molecule has 0 bridgehead atoms. The molecule has 14 heteroatoms. The van der Waals surface area contributed by atoms with Crippen LogP contribution in [0, 0.1) is 0 Å². The van der Waals surface area contributed by atoms with Crippen LogP contribution in [0.3, 0.4) is 0 Å². The van der Waals surface area contributed by atoms with E-state index in [2.05, 4.69) is 15.0 Å². The first-order valence-electron chi connectivity index (χ1n) is 12.7. The molecule has 2 aliphatic heterocycles. The maximum absolute atomic E-state index is 13.1. The first kappa shape index (κ1) is 28.5. The normalized spacial score (nSPS) is 18.1. The number of benzene rings is 2. The van der Waals surface area contributed by atoms with Crippen LogP contribution in [-0.2, 0) is 27.8 Å². The van der Waals surface area contributed by atoms with Gasteiger partial charge in [-0.2, -0.15) is 0 Å². The largest absolute Gasteiger partial charge is 0.573 e. The number of nitrogens with zero attached hydrogens (tertiary/aromatic N) is 3. The van der Waals surface area contributed by atoms with Crippen LogP contribution in [0.2, 0.25) is 0 Å². The number of fused-ring (bicyclic) bond motifs is 1. The van der Waals surface area contributed by atoms with E-state index in [4.69, 9.17) is 5.11 Å². The number of amidine groups is 1. The number of hydrogen-bond donors (Lipinski definition) is 3. The number of aliphatic hydroxyl groups excluding tert-OH is 2. The Balaban J connectivity index is 1.22. The highest BCUT2D eigenvalue weighted by atomic mass is 32.2. The van der Waals surface area contributed by atoms with Crippen LogP contribution in [0.15, 0.2) is 71.7 Å². The number of aromatic nitrogens is 1. The van der Waals surface area contributed by atoms with Gasteiger partial charge in [-0.3, -0.25) is 9.79 Å². The summed E-state index contributed by atoms with van der Waals surface area (Å²) in [6.45, 7) is 0.258. The lowest BCUT2D eigenvalue weighted by molar-refractivity contribution is -0.274. The maximum Gasteiger partial charge on any atom is 0.573 e.